The van der Waals surface area contributed by atoms with Crippen LogP contribution in [0.1, 0.15) is 10.6 Å². The summed E-state index contributed by atoms with van der Waals surface area (Å²) in [5.41, 5.74) is 8.38. The Kier molecular flexibility index (Phi) is 3.79. The summed E-state index contributed by atoms with van der Waals surface area (Å²) < 4.78 is 22.4. The molecule has 0 saturated carbocycles. The van der Waals surface area contributed by atoms with Crippen LogP contribution in [-0.2, 0) is 22.1 Å². The third-order valence-corrected chi connectivity index (χ3v) is 4.25. The Morgan fingerprint density at radius 3 is 2.50 bits per heavy atom. The Labute approximate surface area is 110 Å². The van der Waals surface area contributed by atoms with E-state index in [2.05, 4.69) is 4.98 Å². The van der Waals surface area contributed by atoms with Crippen molar-refractivity contribution in [3.8, 4) is 11.3 Å². The molecule has 6 heteroatoms. The fourth-order valence-corrected chi connectivity index (χ4v) is 3.56. The molecule has 0 aliphatic heterocycles. The van der Waals surface area contributed by atoms with Gasteiger partial charge >= 0.3 is 0 Å². The van der Waals surface area contributed by atoms with Gasteiger partial charge in [0, 0.05) is 23.7 Å². The Balaban J connectivity index is 2.23. The molecule has 0 saturated heterocycles. The molecule has 0 amide bonds. The summed E-state index contributed by atoms with van der Waals surface area (Å²) in [7, 11) is -3.03. The first-order valence-electron chi connectivity index (χ1n) is 5.39. The van der Waals surface area contributed by atoms with Crippen LogP contribution in [0.15, 0.2) is 29.6 Å². The topological polar surface area (TPSA) is 73.0 Å². The highest BCUT2D eigenvalue weighted by molar-refractivity contribution is 7.90. The fraction of sp³-hybridized carbons (Fsp3) is 0.250. The van der Waals surface area contributed by atoms with E-state index >= 15 is 0 Å². The maximum Gasteiger partial charge on any atom is 0.153 e. The smallest absolute Gasteiger partial charge is 0.153 e. The van der Waals surface area contributed by atoms with Gasteiger partial charge in [0.1, 0.15) is 10.8 Å². The normalized spacial score (nSPS) is 11.7. The monoisotopic (exact) mass is 282 g/mol. The van der Waals surface area contributed by atoms with Crippen LogP contribution in [-0.4, -0.2) is 19.7 Å². The largest absolute Gasteiger partial charge is 0.326 e. The van der Waals surface area contributed by atoms with Crippen molar-refractivity contribution in [1.82, 2.24) is 4.98 Å². The number of nitrogens with two attached hydrogens (primary N) is 1. The molecule has 1 aromatic carbocycles. The van der Waals surface area contributed by atoms with E-state index in [1.165, 1.54) is 17.6 Å². The van der Waals surface area contributed by atoms with Crippen LogP contribution in [0.4, 0.5) is 0 Å². The van der Waals surface area contributed by atoms with Gasteiger partial charge < -0.3 is 5.73 Å². The Hall–Kier alpha value is -1.24. The number of nitrogens with zero attached hydrogens (tertiary/aromatic N) is 1. The van der Waals surface area contributed by atoms with E-state index in [-0.39, 0.29) is 5.75 Å². The summed E-state index contributed by atoms with van der Waals surface area (Å²) in [5, 5.41) is 2.49. The molecule has 0 atom stereocenters. The Bertz CT molecular complexity index is 630. The second-order valence-corrected chi connectivity index (χ2v) is 7.18. The van der Waals surface area contributed by atoms with Gasteiger partial charge in [-0.2, -0.15) is 0 Å². The summed E-state index contributed by atoms with van der Waals surface area (Å²) in [4.78, 5) is 4.33. The molecule has 2 aromatic rings. The predicted molar refractivity (Wildman–Crippen MR) is 74.0 cm³/mol. The van der Waals surface area contributed by atoms with Crippen molar-refractivity contribution < 1.29 is 8.42 Å². The van der Waals surface area contributed by atoms with Crippen LogP contribution in [0.2, 0.25) is 0 Å². The molecule has 0 unspecified atom stereocenters. The quantitative estimate of drug-likeness (QED) is 0.928. The molecule has 18 heavy (non-hydrogen) atoms. The van der Waals surface area contributed by atoms with Crippen LogP contribution >= 0.6 is 11.3 Å². The lowest BCUT2D eigenvalue weighted by Crippen LogP contribution is -2.00. The van der Waals surface area contributed by atoms with Crippen molar-refractivity contribution in [2.24, 2.45) is 5.73 Å². The molecule has 4 nitrogen and oxygen atoms in total. The Morgan fingerprint density at radius 2 is 1.94 bits per heavy atom. The second-order valence-electron chi connectivity index (χ2n) is 4.10. The standard InChI is InChI=1S/C12H14N2O2S2/c1-18(15,16)8-12-14-11(7-17-12)10-4-2-9(6-13)3-5-10/h2-5,7H,6,8,13H2,1H3. The summed E-state index contributed by atoms with van der Waals surface area (Å²) in [6.45, 7) is 0.511. The van der Waals surface area contributed by atoms with Gasteiger partial charge in [-0.15, -0.1) is 11.3 Å². The molecule has 1 heterocycles. The highest BCUT2D eigenvalue weighted by Crippen LogP contribution is 2.23. The van der Waals surface area contributed by atoms with E-state index in [0.29, 0.717) is 11.6 Å². The molecular formula is C12H14N2O2S2. The van der Waals surface area contributed by atoms with E-state index in [0.717, 1.165) is 16.8 Å². The molecule has 0 radical (unpaired) electrons. The van der Waals surface area contributed by atoms with Crippen LogP contribution in [0.5, 0.6) is 0 Å². The lowest BCUT2D eigenvalue weighted by atomic mass is 10.1. The van der Waals surface area contributed by atoms with Crippen molar-refractivity contribution in [3.63, 3.8) is 0 Å². The zero-order valence-corrected chi connectivity index (χ0v) is 11.6. The molecule has 2 N–H and O–H groups in total. The molecular weight excluding hydrogens is 268 g/mol. The predicted octanol–water partition coefficient (Wildman–Crippen LogP) is 1.81. The zero-order valence-electron chi connectivity index (χ0n) is 9.96. The van der Waals surface area contributed by atoms with Crippen molar-refractivity contribution in [1.29, 1.82) is 0 Å². The van der Waals surface area contributed by atoms with E-state index in [4.69, 9.17) is 5.73 Å². The summed E-state index contributed by atoms with van der Waals surface area (Å²) in [6, 6.07) is 7.79. The van der Waals surface area contributed by atoms with E-state index in [1.54, 1.807) is 0 Å². The van der Waals surface area contributed by atoms with Gasteiger partial charge in [0.25, 0.3) is 0 Å². The maximum absolute atomic E-state index is 11.2. The van der Waals surface area contributed by atoms with Crippen molar-refractivity contribution in [3.05, 3.63) is 40.2 Å². The van der Waals surface area contributed by atoms with Gasteiger partial charge in [0.15, 0.2) is 9.84 Å². The molecule has 1 aromatic heterocycles. The average molecular weight is 282 g/mol. The molecule has 0 spiro atoms. The fourth-order valence-electron chi connectivity index (χ4n) is 1.55. The minimum Gasteiger partial charge on any atom is -0.326 e. The molecule has 0 bridgehead atoms. The van der Waals surface area contributed by atoms with Crippen molar-refractivity contribution >= 4 is 21.2 Å². The van der Waals surface area contributed by atoms with Crippen LogP contribution in [0.25, 0.3) is 11.3 Å². The van der Waals surface area contributed by atoms with Crippen molar-refractivity contribution in [2.45, 2.75) is 12.3 Å². The van der Waals surface area contributed by atoms with Gasteiger partial charge in [-0.25, -0.2) is 13.4 Å². The maximum atomic E-state index is 11.2. The zero-order chi connectivity index (χ0) is 13.2. The molecule has 0 aliphatic rings. The van der Waals surface area contributed by atoms with Gasteiger partial charge in [-0.05, 0) is 5.56 Å². The average Bonchev–Trinajstić information content (AvgIpc) is 2.75. The number of aromatic nitrogens is 1. The number of benzene rings is 1. The molecule has 96 valence electrons. The van der Waals surface area contributed by atoms with Crippen LogP contribution in [0.3, 0.4) is 0 Å². The molecule has 0 fully saturated rings. The first-order chi connectivity index (χ1) is 8.48. The second kappa shape index (κ2) is 5.17. The number of rotatable bonds is 4. The third kappa shape index (κ3) is 3.38. The third-order valence-electron chi connectivity index (χ3n) is 2.42. The number of thiazole rings is 1. The molecule has 0 aliphatic carbocycles. The van der Waals surface area contributed by atoms with Gasteiger partial charge in [-0.3, -0.25) is 0 Å². The van der Waals surface area contributed by atoms with Gasteiger partial charge in [-0.1, -0.05) is 24.3 Å². The number of hydrogen-bond donors (Lipinski definition) is 1. The lowest BCUT2D eigenvalue weighted by molar-refractivity contribution is 0.601. The number of sulfone groups is 1. The van der Waals surface area contributed by atoms with E-state index < -0.39 is 9.84 Å². The Morgan fingerprint density at radius 1 is 1.28 bits per heavy atom. The minimum absolute atomic E-state index is 0.00144. The first kappa shape index (κ1) is 13.2. The highest BCUT2D eigenvalue weighted by Gasteiger charge is 2.10. The highest BCUT2D eigenvalue weighted by atomic mass is 32.2. The number of hydrogen-bond acceptors (Lipinski definition) is 5. The van der Waals surface area contributed by atoms with Crippen LogP contribution < -0.4 is 5.73 Å². The lowest BCUT2D eigenvalue weighted by Gasteiger charge is -1.99. The van der Waals surface area contributed by atoms with Crippen LogP contribution in [0, 0.1) is 0 Å². The van der Waals surface area contributed by atoms with Gasteiger partial charge in [0.2, 0.25) is 0 Å². The molecule has 2 rings (SSSR count). The minimum atomic E-state index is -3.03. The summed E-state index contributed by atoms with van der Waals surface area (Å²) in [5.74, 6) is -0.00144. The summed E-state index contributed by atoms with van der Waals surface area (Å²) in [6.07, 6.45) is 1.21. The first-order valence-corrected chi connectivity index (χ1v) is 8.33. The summed E-state index contributed by atoms with van der Waals surface area (Å²) >= 11 is 1.37. The SMILES string of the molecule is CS(=O)(=O)Cc1nc(-c2ccc(CN)cc2)cs1. The van der Waals surface area contributed by atoms with E-state index in [9.17, 15) is 8.42 Å². The van der Waals surface area contributed by atoms with Gasteiger partial charge in [0.05, 0.1) is 5.69 Å². The van der Waals surface area contributed by atoms with Crippen molar-refractivity contribution in [2.75, 3.05) is 6.26 Å². The van der Waals surface area contributed by atoms with E-state index in [1.807, 2.05) is 29.6 Å².